The van der Waals surface area contributed by atoms with Gasteiger partial charge in [-0.25, -0.2) is 0 Å². The van der Waals surface area contributed by atoms with Gasteiger partial charge in [-0.1, -0.05) is 105 Å². The third-order valence-corrected chi connectivity index (χ3v) is 20.5. The lowest BCUT2D eigenvalue weighted by Crippen LogP contribution is -2.64. The van der Waals surface area contributed by atoms with E-state index in [0.29, 0.717) is 38.8 Å². The summed E-state index contributed by atoms with van der Waals surface area (Å²) in [5.41, 5.74) is -2.53. The summed E-state index contributed by atoms with van der Waals surface area (Å²) in [6.07, 6.45) is 2.00. The smallest absolute Gasteiger partial charge is 0.343 e. The van der Waals surface area contributed by atoms with Crippen molar-refractivity contribution in [2.45, 2.75) is 219 Å². The van der Waals surface area contributed by atoms with Gasteiger partial charge in [-0.3, -0.25) is 57.5 Å². The zero-order valence-corrected chi connectivity index (χ0v) is 60.5. The lowest BCUT2D eigenvalue weighted by Gasteiger charge is -2.41. The first-order valence-corrected chi connectivity index (χ1v) is 34.9. The van der Waals surface area contributed by atoms with Crippen molar-refractivity contribution in [1.29, 1.82) is 0 Å². The number of amides is 12. The highest BCUT2D eigenvalue weighted by Gasteiger charge is 2.47. The summed E-state index contributed by atoms with van der Waals surface area (Å²) in [5, 5.41) is 7.90. The van der Waals surface area contributed by atoms with E-state index in [0.717, 1.165) is 70.3 Å². The molecule has 12 amide bonds. The van der Waals surface area contributed by atoms with Gasteiger partial charge in [-0.05, 0) is 112 Å². The molecule has 4 fully saturated rings. The second kappa shape index (κ2) is 35.6. The fourth-order valence-electron chi connectivity index (χ4n) is 13.6. The van der Waals surface area contributed by atoms with Crippen LogP contribution in [0.2, 0.25) is 5.02 Å². The minimum Gasteiger partial charge on any atom is -0.343 e. The largest absolute Gasteiger partial charge is 0.417 e. The number of fused-ring (bicyclic) bond motifs is 1. The van der Waals surface area contributed by atoms with Crippen molar-refractivity contribution in [2.24, 2.45) is 23.7 Å². The molecule has 3 aliphatic heterocycles. The molecule has 3 saturated heterocycles. The van der Waals surface area contributed by atoms with Crippen LogP contribution in [0.4, 0.5) is 13.2 Å². The number of likely N-dealkylation sites (tertiary alicyclic amines) is 1. The van der Waals surface area contributed by atoms with Crippen LogP contribution in [0.3, 0.4) is 0 Å². The van der Waals surface area contributed by atoms with Crippen LogP contribution < -0.4 is 16.0 Å². The SMILES string of the molecule is CC[C@H](C)[C@@H]1NC(=O)[C@H](CC(C)C)N(C)C(=O)C[C@@H](C(=O)N2CCCCC2)N(C)C(=O)[C@H](C(C)C)N(C)C(=O)[C@](C)(CC)NC(=O)[C@@H]2CCCN2C(=O)[C@H](CCc2ccc(C(F)(F)F)c(Cl)c2)NC(=O)CN(C)C(=O)[C@H](CC2CCCCC2)N(C)C(=O)CN(C)C(=O)CN(C)C1=O. The van der Waals surface area contributed by atoms with Crippen LogP contribution in [-0.2, 0) is 70.1 Å². The van der Waals surface area contributed by atoms with Gasteiger partial charge in [0.15, 0.2) is 0 Å². The Labute approximate surface area is 576 Å². The predicted molar refractivity (Wildman–Crippen MR) is 359 cm³/mol. The Hall–Kier alpha value is -7.06. The quantitative estimate of drug-likeness (QED) is 0.239. The summed E-state index contributed by atoms with van der Waals surface area (Å²) < 4.78 is 41.4. The molecule has 9 atom stereocenters. The van der Waals surface area contributed by atoms with Crippen molar-refractivity contribution >= 4 is 82.5 Å². The number of piperidine rings is 1. The third-order valence-electron chi connectivity index (χ3n) is 20.2. The Balaban J connectivity index is 1.61. The van der Waals surface area contributed by atoms with E-state index in [4.69, 9.17) is 11.6 Å². The summed E-state index contributed by atoms with van der Waals surface area (Å²) in [4.78, 5) is 188. The molecule has 24 nitrogen and oxygen atoms in total. The normalized spacial score (nSPS) is 26.6. The van der Waals surface area contributed by atoms with E-state index in [1.807, 2.05) is 20.8 Å². The third kappa shape index (κ3) is 21.0. The molecule has 0 bridgehead atoms. The van der Waals surface area contributed by atoms with E-state index < -0.39 is 173 Å². The van der Waals surface area contributed by atoms with Gasteiger partial charge in [-0.15, -0.1) is 0 Å². The molecule has 0 aromatic heterocycles. The standard InChI is InChI=1S/C69H108ClF3N12O12/c1-16-44(7)58-65(95)79(11)40-56(88)77(9)41-57(89)81(13)52(37-45-25-20-18-21-26-45)63(93)78(10)39-54(86)74-49(31-29-46-28-30-47(48(70)36-46)69(71,72)73)62(92)85-34-24-27-50(85)61(91)76-68(8,17-2)67(97)83(15)59(43(5)6)66(96)82(14)53(64(94)84-32-22-19-23-33-84)38-55(87)80(12)51(35-42(3)4)60(90)75-58/h28,30,36,42-45,49-53,58-59H,16-27,29,31-35,37-41H2,1-15H3,(H,74,86)(H,75,90)(H,76,91)/t44-,49-,50-,51-,52-,53-,58-,59-,68-/m0/s1. The molecular weight excluding hydrogens is 1280 g/mol. The summed E-state index contributed by atoms with van der Waals surface area (Å²) in [6.45, 7) is 12.9. The van der Waals surface area contributed by atoms with Gasteiger partial charge in [0.05, 0.1) is 36.6 Å². The first-order valence-electron chi connectivity index (χ1n) is 34.5. The van der Waals surface area contributed by atoms with Crippen LogP contribution in [-0.4, -0.2) is 251 Å². The van der Waals surface area contributed by atoms with Crippen molar-refractivity contribution in [3.8, 4) is 0 Å². The van der Waals surface area contributed by atoms with Crippen LogP contribution in [0.15, 0.2) is 18.2 Å². The Kier molecular flexibility index (Phi) is 29.6. The van der Waals surface area contributed by atoms with Crippen LogP contribution >= 0.6 is 11.6 Å². The summed E-state index contributed by atoms with van der Waals surface area (Å²) in [6, 6.07) is -5.79. The van der Waals surface area contributed by atoms with E-state index in [-0.39, 0.29) is 62.5 Å². The highest BCUT2D eigenvalue weighted by molar-refractivity contribution is 6.31. The number of nitrogens with zero attached hydrogens (tertiary/aromatic N) is 9. The van der Waals surface area contributed by atoms with E-state index in [1.165, 1.54) is 81.9 Å². The van der Waals surface area contributed by atoms with Gasteiger partial charge in [0.1, 0.15) is 47.8 Å². The Morgan fingerprint density at radius 3 is 1.82 bits per heavy atom. The van der Waals surface area contributed by atoms with Crippen LogP contribution in [0.5, 0.6) is 0 Å². The van der Waals surface area contributed by atoms with Crippen LogP contribution in [0.1, 0.15) is 169 Å². The van der Waals surface area contributed by atoms with Gasteiger partial charge in [0.25, 0.3) is 0 Å². The molecule has 1 aliphatic carbocycles. The van der Waals surface area contributed by atoms with Crippen LogP contribution in [0, 0.1) is 23.7 Å². The van der Waals surface area contributed by atoms with Gasteiger partial charge in [0, 0.05) is 69.0 Å². The van der Waals surface area contributed by atoms with E-state index in [1.54, 1.807) is 32.6 Å². The molecule has 3 heterocycles. The Bertz CT molecular complexity index is 3000. The first-order chi connectivity index (χ1) is 45.4. The van der Waals surface area contributed by atoms with Crippen molar-refractivity contribution in [2.75, 3.05) is 88.6 Å². The second-order valence-electron chi connectivity index (χ2n) is 28.4. The lowest BCUT2D eigenvalue weighted by atomic mass is 9.84. The number of rotatable bonds is 12. The van der Waals surface area contributed by atoms with Gasteiger partial charge in [-0.2, -0.15) is 13.2 Å². The maximum Gasteiger partial charge on any atom is 0.417 e. The average molecular weight is 1390 g/mol. The maximum absolute atomic E-state index is 15.3. The molecule has 97 heavy (non-hydrogen) atoms. The fraction of sp³-hybridized carbons (Fsp3) is 0.739. The average Bonchev–Trinajstić information content (AvgIpc) is 1.47. The molecular formula is C69H108ClF3N12O12. The fourth-order valence-corrected chi connectivity index (χ4v) is 13.9. The number of nitrogens with one attached hydrogen (secondary N) is 3. The highest BCUT2D eigenvalue weighted by Crippen LogP contribution is 2.36. The number of likely N-dealkylation sites (N-methyl/N-ethyl adjacent to an activating group) is 7. The number of carbonyl (C=O) groups excluding carboxylic acids is 12. The second-order valence-corrected chi connectivity index (χ2v) is 28.8. The summed E-state index contributed by atoms with van der Waals surface area (Å²) in [7, 11) is 9.75. The molecule has 28 heteroatoms. The molecule has 1 aromatic rings. The topological polar surface area (TPSA) is 270 Å². The van der Waals surface area contributed by atoms with Crippen molar-refractivity contribution in [3.63, 3.8) is 0 Å². The summed E-state index contributed by atoms with van der Waals surface area (Å²) in [5.74, 6) is -9.43. The zero-order chi connectivity index (χ0) is 72.7. The maximum atomic E-state index is 15.3. The molecule has 5 rings (SSSR count). The number of hydrogen-bond acceptors (Lipinski definition) is 12. The molecule has 1 saturated carbocycles. The molecule has 544 valence electrons. The minimum absolute atomic E-state index is 0.0133. The van der Waals surface area contributed by atoms with E-state index >= 15 is 14.4 Å². The van der Waals surface area contributed by atoms with E-state index in [2.05, 4.69) is 16.0 Å². The highest BCUT2D eigenvalue weighted by atomic mass is 35.5. The molecule has 3 N–H and O–H groups in total. The first kappa shape index (κ1) is 80.6. The molecule has 0 spiro atoms. The number of aryl methyl sites for hydroxylation is 1. The number of halogens is 4. The van der Waals surface area contributed by atoms with Gasteiger partial charge < -0.3 is 60.0 Å². The molecule has 0 radical (unpaired) electrons. The predicted octanol–water partition coefficient (Wildman–Crippen LogP) is 5.35. The minimum atomic E-state index is -4.76. The lowest BCUT2D eigenvalue weighted by molar-refractivity contribution is -0.156. The zero-order valence-electron chi connectivity index (χ0n) is 59.8. The summed E-state index contributed by atoms with van der Waals surface area (Å²) >= 11 is 6.12. The molecule has 1 aromatic carbocycles. The van der Waals surface area contributed by atoms with Gasteiger partial charge >= 0.3 is 6.18 Å². The number of benzene rings is 1. The monoisotopic (exact) mass is 1390 g/mol. The Morgan fingerprint density at radius 1 is 0.649 bits per heavy atom. The van der Waals surface area contributed by atoms with Crippen LogP contribution in [0.25, 0.3) is 0 Å². The number of hydrogen-bond donors (Lipinski definition) is 3. The van der Waals surface area contributed by atoms with Crippen molar-refractivity contribution < 1.29 is 70.7 Å². The number of alkyl halides is 3. The van der Waals surface area contributed by atoms with Gasteiger partial charge in [0.2, 0.25) is 70.9 Å². The van der Waals surface area contributed by atoms with Crippen molar-refractivity contribution in [3.05, 3.63) is 34.3 Å². The molecule has 0 unspecified atom stereocenters. The number of carbonyl (C=O) groups is 12. The van der Waals surface area contributed by atoms with Crippen molar-refractivity contribution in [1.82, 2.24) is 60.0 Å². The molecule has 4 aliphatic rings. The Morgan fingerprint density at radius 2 is 1.25 bits per heavy atom. The van der Waals surface area contributed by atoms with E-state index in [9.17, 15) is 56.3 Å².